The number of hydrogen-bond acceptors (Lipinski definition) is 6. The summed E-state index contributed by atoms with van der Waals surface area (Å²) in [4.78, 5) is 25.4. The van der Waals surface area contributed by atoms with Gasteiger partial charge in [0.05, 0.1) is 10.3 Å². The van der Waals surface area contributed by atoms with Crippen molar-refractivity contribution >= 4 is 50.7 Å². The Bertz CT molecular complexity index is 1000. The highest BCUT2D eigenvalue weighted by molar-refractivity contribution is 7.89. The van der Waals surface area contributed by atoms with Crippen LogP contribution in [0.3, 0.4) is 0 Å². The quantitative estimate of drug-likeness (QED) is 0.380. The fraction of sp³-hybridized carbons (Fsp3) is 0.636. The summed E-state index contributed by atoms with van der Waals surface area (Å²) < 4.78 is 28.5. The molecule has 0 aromatic heterocycles. The number of amides is 2. The first-order chi connectivity index (χ1) is 16.0. The summed E-state index contributed by atoms with van der Waals surface area (Å²) in [5, 5.41) is 5.71. The van der Waals surface area contributed by atoms with E-state index in [1.165, 1.54) is 11.1 Å². The Hall–Kier alpha value is -1.43. The molecule has 9 nitrogen and oxygen atoms in total. The fourth-order valence-electron chi connectivity index (χ4n) is 4.13. The van der Waals surface area contributed by atoms with Gasteiger partial charge in [-0.15, -0.1) is 23.2 Å². The van der Waals surface area contributed by atoms with E-state index in [1.807, 2.05) is 0 Å². The summed E-state index contributed by atoms with van der Waals surface area (Å²) in [6, 6.07) is 3.79. The van der Waals surface area contributed by atoms with E-state index < -0.39 is 38.6 Å². The Balaban J connectivity index is 1.65. The molecule has 2 fully saturated rings. The van der Waals surface area contributed by atoms with Crippen LogP contribution in [0.1, 0.15) is 45.1 Å². The van der Waals surface area contributed by atoms with Gasteiger partial charge in [0.25, 0.3) is 5.91 Å². The fourth-order valence-corrected chi connectivity index (χ4v) is 5.93. The van der Waals surface area contributed by atoms with E-state index in [1.54, 1.807) is 32.9 Å². The van der Waals surface area contributed by atoms with Crippen LogP contribution in [0, 0.1) is 6.92 Å². The molecule has 0 aliphatic carbocycles. The highest BCUT2D eigenvalue weighted by Crippen LogP contribution is 2.24. The van der Waals surface area contributed by atoms with E-state index in [9.17, 15) is 18.0 Å². The van der Waals surface area contributed by atoms with Crippen molar-refractivity contribution in [3.8, 4) is 0 Å². The summed E-state index contributed by atoms with van der Waals surface area (Å²) in [5.41, 5.74) is 3.78. The number of hydrazine groups is 1. The first kappa shape index (κ1) is 27.2. The minimum Gasteiger partial charge on any atom is -0.324 e. The minimum absolute atomic E-state index is 0.0983. The molecule has 0 spiro atoms. The number of carbonyl (C=O) groups is 2. The van der Waals surface area contributed by atoms with Crippen LogP contribution in [-0.4, -0.2) is 67.2 Å². The number of benzene rings is 1. The van der Waals surface area contributed by atoms with Crippen molar-refractivity contribution in [3.63, 3.8) is 0 Å². The molecule has 2 heterocycles. The van der Waals surface area contributed by atoms with Crippen LogP contribution in [0.5, 0.6) is 0 Å². The number of nitrogens with one attached hydrogen (secondary N) is 4. The number of hydrogen-bond donors (Lipinski definition) is 4. The highest BCUT2D eigenvalue weighted by atomic mass is 35.5. The Labute approximate surface area is 211 Å². The van der Waals surface area contributed by atoms with Crippen LogP contribution in [0.2, 0.25) is 0 Å². The molecule has 1 aromatic carbocycles. The minimum atomic E-state index is -3.76. The van der Waals surface area contributed by atoms with Crippen LogP contribution in [0.25, 0.3) is 0 Å². The molecule has 4 N–H and O–H groups in total. The van der Waals surface area contributed by atoms with Crippen LogP contribution in [-0.2, 0) is 19.6 Å². The monoisotopic (exact) mass is 533 g/mol. The zero-order valence-electron chi connectivity index (χ0n) is 19.6. The normalized spacial score (nSPS) is 26.9. The second-order valence-corrected chi connectivity index (χ2v) is 11.7. The molecule has 2 aliphatic rings. The van der Waals surface area contributed by atoms with Gasteiger partial charge in [0.1, 0.15) is 11.4 Å². The lowest BCUT2D eigenvalue weighted by Gasteiger charge is -2.40. The Morgan fingerprint density at radius 2 is 2.03 bits per heavy atom. The van der Waals surface area contributed by atoms with E-state index in [0.717, 1.165) is 25.8 Å². The molecule has 2 saturated heterocycles. The zero-order valence-corrected chi connectivity index (χ0v) is 21.9. The van der Waals surface area contributed by atoms with Crippen molar-refractivity contribution < 1.29 is 18.0 Å². The third-order valence-corrected chi connectivity index (χ3v) is 9.10. The molecular weight excluding hydrogens is 501 g/mol. The topological polar surface area (TPSA) is 120 Å². The molecule has 2 aliphatic heterocycles. The van der Waals surface area contributed by atoms with Crippen LogP contribution in [0.15, 0.2) is 23.1 Å². The second-order valence-electron chi connectivity index (χ2n) is 8.95. The standard InChI is InChI=1S/C22H33Cl2N5O4S/c1-13-7-8-17(12-18(13)34(32,33)26-11-9-16-6-4-5-10-25-16)27-21(30)15(3)29-22(31)20(24)19(23)14(2)28-29/h7-8,12,14-16,19-20,25-26,28H,4-6,9-11H2,1-3H3,(H,27,30)/t14?,15-,16?,19?,20?/m1/s1. The molecule has 1 aromatic rings. The van der Waals surface area contributed by atoms with Crippen molar-refractivity contribution in [3.05, 3.63) is 23.8 Å². The average molecular weight is 535 g/mol. The molecule has 0 radical (unpaired) electrons. The molecular formula is C22H33Cl2N5O4S. The molecule has 34 heavy (non-hydrogen) atoms. The number of alkyl halides is 2. The Morgan fingerprint density at radius 1 is 1.29 bits per heavy atom. The SMILES string of the molecule is Cc1ccc(NC(=O)[C@@H](C)N2NC(C)C(Cl)C(Cl)C2=O)cc1S(=O)(=O)NCCC1CCCCN1. The predicted molar refractivity (Wildman–Crippen MR) is 133 cm³/mol. The van der Waals surface area contributed by atoms with Gasteiger partial charge < -0.3 is 10.6 Å². The lowest BCUT2D eigenvalue weighted by Crippen LogP contribution is -2.65. The number of anilines is 1. The lowest BCUT2D eigenvalue weighted by atomic mass is 10.0. The molecule has 0 bridgehead atoms. The smallest absolute Gasteiger partial charge is 0.257 e. The van der Waals surface area contributed by atoms with Crippen molar-refractivity contribution in [1.29, 1.82) is 0 Å². The second kappa shape index (κ2) is 11.5. The number of halogens is 2. The molecule has 2 amide bonds. The maximum absolute atomic E-state index is 12.9. The van der Waals surface area contributed by atoms with Gasteiger partial charge in [0.15, 0.2) is 0 Å². The van der Waals surface area contributed by atoms with Gasteiger partial charge in [-0.2, -0.15) is 0 Å². The number of aryl methyl sites for hydroxylation is 1. The largest absolute Gasteiger partial charge is 0.324 e. The zero-order chi connectivity index (χ0) is 25.0. The molecule has 0 saturated carbocycles. The molecule has 190 valence electrons. The Morgan fingerprint density at radius 3 is 2.71 bits per heavy atom. The van der Waals surface area contributed by atoms with Gasteiger partial charge in [0.2, 0.25) is 15.9 Å². The number of piperidine rings is 1. The summed E-state index contributed by atoms with van der Waals surface area (Å²) in [6.45, 7) is 6.32. The summed E-state index contributed by atoms with van der Waals surface area (Å²) >= 11 is 12.3. The number of rotatable bonds is 8. The lowest BCUT2D eigenvalue weighted by molar-refractivity contribution is -0.145. The van der Waals surface area contributed by atoms with Gasteiger partial charge in [-0.05, 0) is 64.3 Å². The van der Waals surface area contributed by atoms with E-state index in [-0.39, 0.29) is 10.9 Å². The summed E-state index contributed by atoms with van der Waals surface area (Å²) in [6.07, 6.45) is 4.06. The molecule has 5 atom stereocenters. The number of carbonyl (C=O) groups excluding carboxylic acids is 2. The van der Waals surface area contributed by atoms with E-state index in [2.05, 4.69) is 20.8 Å². The van der Waals surface area contributed by atoms with E-state index in [0.29, 0.717) is 30.3 Å². The molecule has 4 unspecified atom stereocenters. The first-order valence-electron chi connectivity index (χ1n) is 11.5. The van der Waals surface area contributed by atoms with Gasteiger partial charge in [-0.25, -0.2) is 18.6 Å². The van der Waals surface area contributed by atoms with Crippen molar-refractivity contribution in [2.75, 3.05) is 18.4 Å². The predicted octanol–water partition coefficient (Wildman–Crippen LogP) is 2.08. The van der Waals surface area contributed by atoms with E-state index >= 15 is 0 Å². The third kappa shape index (κ3) is 6.41. The highest BCUT2D eigenvalue weighted by Gasteiger charge is 2.42. The van der Waals surface area contributed by atoms with Gasteiger partial charge >= 0.3 is 0 Å². The summed E-state index contributed by atoms with van der Waals surface area (Å²) in [5.74, 6) is -0.986. The van der Waals surface area contributed by atoms with Crippen molar-refractivity contribution in [2.24, 2.45) is 0 Å². The Kier molecular flexibility index (Phi) is 9.22. The maximum atomic E-state index is 12.9. The number of sulfonamides is 1. The van der Waals surface area contributed by atoms with Crippen molar-refractivity contribution in [2.45, 2.75) is 80.2 Å². The van der Waals surface area contributed by atoms with Crippen molar-refractivity contribution in [1.82, 2.24) is 20.5 Å². The van der Waals surface area contributed by atoms with Crippen LogP contribution in [0.4, 0.5) is 5.69 Å². The van der Waals surface area contributed by atoms with E-state index in [4.69, 9.17) is 23.2 Å². The maximum Gasteiger partial charge on any atom is 0.257 e. The van der Waals surface area contributed by atoms with Crippen LogP contribution < -0.4 is 20.8 Å². The van der Waals surface area contributed by atoms with Gasteiger partial charge in [-0.3, -0.25) is 14.6 Å². The van der Waals surface area contributed by atoms with Crippen LogP contribution >= 0.6 is 23.2 Å². The first-order valence-corrected chi connectivity index (χ1v) is 13.9. The number of nitrogens with zero attached hydrogens (tertiary/aromatic N) is 1. The average Bonchev–Trinajstić information content (AvgIpc) is 2.81. The molecule has 12 heteroatoms. The third-order valence-electron chi connectivity index (χ3n) is 6.28. The molecule has 3 rings (SSSR count). The van der Waals surface area contributed by atoms with Gasteiger partial charge in [0, 0.05) is 24.3 Å². The summed E-state index contributed by atoms with van der Waals surface area (Å²) in [7, 11) is -3.76. The van der Waals surface area contributed by atoms with Gasteiger partial charge in [-0.1, -0.05) is 12.5 Å².